The molecule has 5 heteroatoms. The molecular formula is C21H30N4O. The molecule has 1 spiro atoms. The number of carbonyl (C=O) groups excluding carboxylic acids is 1. The summed E-state index contributed by atoms with van der Waals surface area (Å²) in [5.74, 6) is 0.187. The molecule has 1 amide bonds. The van der Waals surface area contributed by atoms with Gasteiger partial charge >= 0.3 is 0 Å². The molecule has 4 rings (SSSR count). The number of amides is 1. The zero-order chi connectivity index (χ0) is 18.5. The normalized spacial score (nSPS) is 20.8. The predicted molar refractivity (Wildman–Crippen MR) is 106 cm³/mol. The Labute approximate surface area is 155 Å². The molecule has 140 valence electrons. The molecule has 1 aromatic heterocycles. The van der Waals surface area contributed by atoms with Gasteiger partial charge in [0.1, 0.15) is 5.69 Å². The molecule has 0 radical (unpaired) electrons. The lowest BCUT2D eigenvalue weighted by atomic mass is 9.84. The number of carbonyl (C=O) groups is 1. The molecule has 2 aromatic rings. The number of rotatable bonds is 1. The molecule has 0 atom stereocenters. The van der Waals surface area contributed by atoms with Crippen LogP contribution in [0.4, 0.5) is 0 Å². The molecule has 0 unspecified atom stereocenters. The van der Waals surface area contributed by atoms with Gasteiger partial charge in [-0.3, -0.25) is 9.69 Å². The Balaban J connectivity index is 1.70. The topological polar surface area (TPSA) is 40.5 Å². The third-order valence-electron chi connectivity index (χ3n) is 6.69. The third-order valence-corrected chi connectivity index (χ3v) is 6.69. The van der Waals surface area contributed by atoms with Gasteiger partial charge in [-0.15, -0.1) is 0 Å². The molecule has 0 saturated carbocycles. The van der Waals surface area contributed by atoms with Crippen LogP contribution in [0.2, 0.25) is 0 Å². The van der Waals surface area contributed by atoms with Gasteiger partial charge in [-0.1, -0.05) is 18.2 Å². The fourth-order valence-corrected chi connectivity index (χ4v) is 5.02. The molecule has 2 aliphatic rings. The fraction of sp³-hybridized carbons (Fsp3) is 0.571. The van der Waals surface area contributed by atoms with Gasteiger partial charge in [0, 0.05) is 37.6 Å². The second-order valence-electron chi connectivity index (χ2n) is 8.13. The Hall–Kier alpha value is -1.85. The Bertz CT molecular complexity index is 847. The third kappa shape index (κ3) is 2.57. The number of para-hydroxylation sites is 1. The average Bonchev–Trinajstić information content (AvgIpc) is 2.90. The number of nitrogens with one attached hydrogen (secondary N) is 1. The summed E-state index contributed by atoms with van der Waals surface area (Å²) in [4.78, 5) is 18.1. The number of aromatic nitrogens is 1. The van der Waals surface area contributed by atoms with E-state index in [4.69, 9.17) is 0 Å². The van der Waals surface area contributed by atoms with Crippen LogP contribution in [0.3, 0.4) is 0 Å². The quantitative estimate of drug-likeness (QED) is 0.854. The van der Waals surface area contributed by atoms with Crippen LogP contribution in [0.15, 0.2) is 18.2 Å². The summed E-state index contributed by atoms with van der Waals surface area (Å²) < 4.78 is 2.11. The maximum Gasteiger partial charge on any atom is 0.270 e. The summed E-state index contributed by atoms with van der Waals surface area (Å²) in [6.07, 6.45) is 2.22. The van der Waals surface area contributed by atoms with Crippen LogP contribution in [-0.2, 0) is 7.05 Å². The van der Waals surface area contributed by atoms with Crippen LogP contribution in [0, 0.1) is 13.8 Å². The van der Waals surface area contributed by atoms with E-state index in [9.17, 15) is 4.79 Å². The number of likely N-dealkylation sites (N-methyl/N-ethyl adjacent to an activating group) is 1. The largest absolute Gasteiger partial charge is 0.339 e. The summed E-state index contributed by atoms with van der Waals surface area (Å²) in [6, 6.07) is 6.33. The summed E-state index contributed by atoms with van der Waals surface area (Å²) in [6.45, 7) is 8.89. The predicted octanol–water partition coefficient (Wildman–Crippen LogP) is 2.30. The second kappa shape index (κ2) is 6.39. The monoisotopic (exact) mass is 354 g/mol. The van der Waals surface area contributed by atoms with Gasteiger partial charge in [0.2, 0.25) is 0 Å². The van der Waals surface area contributed by atoms with Crippen LogP contribution < -0.4 is 5.32 Å². The Morgan fingerprint density at radius 3 is 2.54 bits per heavy atom. The SMILES string of the molecule is Cc1c(C(=O)N2CCN(C)C3(CCNCC3)C2)n(C)c2c(C)cccc12. The minimum absolute atomic E-state index is 0.133. The molecule has 5 nitrogen and oxygen atoms in total. The highest BCUT2D eigenvalue weighted by Gasteiger charge is 2.42. The average molecular weight is 354 g/mol. The van der Waals surface area contributed by atoms with Gasteiger partial charge < -0.3 is 14.8 Å². The maximum atomic E-state index is 13.5. The highest BCUT2D eigenvalue weighted by atomic mass is 16.2. The lowest BCUT2D eigenvalue weighted by Gasteiger charge is -2.51. The van der Waals surface area contributed by atoms with Crippen LogP contribution in [0.5, 0.6) is 0 Å². The van der Waals surface area contributed by atoms with E-state index in [2.05, 4.69) is 58.8 Å². The van der Waals surface area contributed by atoms with Gasteiger partial charge in [-0.2, -0.15) is 0 Å². The van der Waals surface area contributed by atoms with E-state index in [1.54, 1.807) is 0 Å². The van der Waals surface area contributed by atoms with Crippen LogP contribution >= 0.6 is 0 Å². The smallest absolute Gasteiger partial charge is 0.270 e. The summed E-state index contributed by atoms with van der Waals surface area (Å²) in [5, 5.41) is 4.66. The number of piperazine rings is 1. The van der Waals surface area contributed by atoms with Gasteiger partial charge in [0.15, 0.2) is 0 Å². The zero-order valence-electron chi connectivity index (χ0n) is 16.4. The van der Waals surface area contributed by atoms with Crippen molar-refractivity contribution in [3.8, 4) is 0 Å². The first kappa shape index (κ1) is 17.6. The Morgan fingerprint density at radius 2 is 1.85 bits per heavy atom. The van der Waals surface area contributed by atoms with Crippen molar-refractivity contribution in [2.75, 3.05) is 39.8 Å². The standard InChI is InChI=1S/C21H30N4O/c1-15-6-5-7-17-16(2)19(24(4)18(15)17)20(26)25-13-12-23(3)21(14-25)8-10-22-11-9-21/h5-7,22H,8-14H2,1-4H3. The van der Waals surface area contributed by atoms with E-state index in [1.165, 1.54) is 16.5 Å². The fourth-order valence-electron chi connectivity index (χ4n) is 5.02. The van der Waals surface area contributed by atoms with E-state index in [1.807, 2.05) is 7.05 Å². The van der Waals surface area contributed by atoms with Crippen LogP contribution in [-0.4, -0.2) is 65.6 Å². The lowest BCUT2D eigenvalue weighted by molar-refractivity contribution is -0.00140. The highest BCUT2D eigenvalue weighted by Crippen LogP contribution is 2.32. The van der Waals surface area contributed by atoms with Crippen molar-refractivity contribution < 1.29 is 4.79 Å². The van der Waals surface area contributed by atoms with Gasteiger partial charge in [-0.05, 0) is 58.0 Å². The number of aryl methyl sites for hydroxylation is 3. The molecule has 1 aromatic carbocycles. The molecule has 2 fully saturated rings. The first-order valence-corrected chi connectivity index (χ1v) is 9.70. The Morgan fingerprint density at radius 1 is 1.12 bits per heavy atom. The van der Waals surface area contributed by atoms with E-state index in [-0.39, 0.29) is 11.4 Å². The minimum Gasteiger partial charge on any atom is -0.339 e. The highest BCUT2D eigenvalue weighted by molar-refractivity contribution is 6.02. The van der Waals surface area contributed by atoms with Gasteiger partial charge in [-0.25, -0.2) is 0 Å². The molecule has 3 heterocycles. The van der Waals surface area contributed by atoms with E-state index < -0.39 is 0 Å². The molecular weight excluding hydrogens is 324 g/mol. The Kier molecular flexibility index (Phi) is 4.32. The van der Waals surface area contributed by atoms with E-state index in [0.29, 0.717) is 0 Å². The number of nitrogens with zero attached hydrogens (tertiary/aromatic N) is 3. The molecule has 0 bridgehead atoms. The van der Waals surface area contributed by atoms with Crippen molar-refractivity contribution in [2.45, 2.75) is 32.2 Å². The summed E-state index contributed by atoms with van der Waals surface area (Å²) >= 11 is 0. The van der Waals surface area contributed by atoms with E-state index in [0.717, 1.165) is 56.8 Å². The summed E-state index contributed by atoms with van der Waals surface area (Å²) in [7, 11) is 4.25. The molecule has 2 saturated heterocycles. The second-order valence-corrected chi connectivity index (χ2v) is 8.13. The minimum atomic E-state index is 0.133. The first-order chi connectivity index (χ1) is 12.4. The zero-order valence-corrected chi connectivity index (χ0v) is 16.4. The van der Waals surface area contributed by atoms with Crippen LogP contribution in [0.1, 0.15) is 34.5 Å². The van der Waals surface area contributed by atoms with Crippen molar-refractivity contribution in [1.82, 2.24) is 19.7 Å². The van der Waals surface area contributed by atoms with Gasteiger partial charge in [0.05, 0.1) is 5.52 Å². The number of hydrogen-bond acceptors (Lipinski definition) is 3. The van der Waals surface area contributed by atoms with Crippen molar-refractivity contribution in [2.24, 2.45) is 7.05 Å². The lowest BCUT2D eigenvalue weighted by Crippen LogP contribution is -2.65. The number of fused-ring (bicyclic) bond motifs is 1. The van der Waals surface area contributed by atoms with Crippen molar-refractivity contribution in [3.63, 3.8) is 0 Å². The van der Waals surface area contributed by atoms with Crippen molar-refractivity contribution in [1.29, 1.82) is 0 Å². The maximum absolute atomic E-state index is 13.5. The molecule has 26 heavy (non-hydrogen) atoms. The number of benzene rings is 1. The van der Waals surface area contributed by atoms with Crippen molar-refractivity contribution >= 4 is 16.8 Å². The van der Waals surface area contributed by atoms with Gasteiger partial charge in [0.25, 0.3) is 5.91 Å². The molecule has 0 aliphatic carbocycles. The number of piperidine rings is 1. The van der Waals surface area contributed by atoms with Crippen LogP contribution in [0.25, 0.3) is 10.9 Å². The number of hydrogen-bond donors (Lipinski definition) is 1. The summed E-state index contributed by atoms with van der Waals surface area (Å²) in [5.41, 5.74) is 4.49. The van der Waals surface area contributed by atoms with E-state index >= 15 is 0 Å². The molecule has 1 N–H and O–H groups in total. The van der Waals surface area contributed by atoms with Crippen molar-refractivity contribution in [3.05, 3.63) is 35.0 Å². The molecule has 2 aliphatic heterocycles. The first-order valence-electron chi connectivity index (χ1n) is 9.70.